The number of nitro benzene ring substituents is 1. The lowest BCUT2D eigenvalue weighted by molar-refractivity contribution is -0.384. The summed E-state index contributed by atoms with van der Waals surface area (Å²) in [7, 11) is 0. The molecule has 2 aromatic rings. The standard InChI is InChI=1S/C18H23N3O4S/c22-16(14-25-17-4-1-3-15(11-17)21(23)24)12-19-6-8-20(9-7-19)13-18-5-2-10-26-18/h1-5,10-11,16,22H,6-9,12-14H2. The molecule has 2 heterocycles. The molecule has 3 rings (SSSR count). The van der Waals surface area contributed by atoms with Crippen LogP contribution in [-0.4, -0.2) is 65.3 Å². The van der Waals surface area contributed by atoms with Crippen LogP contribution in [0.4, 0.5) is 5.69 Å². The third kappa shape index (κ3) is 5.50. The molecule has 1 aliphatic heterocycles. The summed E-state index contributed by atoms with van der Waals surface area (Å²) in [5.74, 6) is 0.402. The number of aliphatic hydroxyl groups is 1. The number of thiophene rings is 1. The second-order valence-corrected chi connectivity index (χ2v) is 7.41. The highest BCUT2D eigenvalue weighted by molar-refractivity contribution is 7.09. The van der Waals surface area contributed by atoms with E-state index in [0.717, 1.165) is 32.7 Å². The minimum Gasteiger partial charge on any atom is -0.491 e. The van der Waals surface area contributed by atoms with Gasteiger partial charge in [-0.25, -0.2) is 0 Å². The summed E-state index contributed by atoms with van der Waals surface area (Å²) < 4.78 is 5.50. The van der Waals surface area contributed by atoms with Crippen molar-refractivity contribution in [3.8, 4) is 5.75 Å². The molecule has 8 heteroatoms. The number of nitrogens with zero attached hydrogens (tertiary/aromatic N) is 3. The molecule has 0 amide bonds. The molecule has 1 saturated heterocycles. The van der Waals surface area contributed by atoms with Gasteiger partial charge in [-0.05, 0) is 17.5 Å². The van der Waals surface area contributed by atoms with Gasteiger partial charge >= 0.3 is 0 Å². The number of hydrogen-bond donors (Lipinski definition) is 1. The van der Waals surface area contributed by atoms with Gasteiger partial charge in [0, 0.05) is 50.2 Å². The number of rotatable bonds is 8. The van der Waals surface area contributed by atoms with Crippen LogP contribution in [0.2, 0.25) is 0 Å². The summed E-state index contributed by atoms with van der Waals surface area (Å²) in [5.41, 5.74) is -0.0150. The van der Waals surface area contributed by atoms with E-state index in [1.807, 2.05) is 0 Å². The van der Waals surface area contributed by atoms with Gasteiger partial charge in [-0.3, -0.25) is 19.9 Å². The van der Waals surface area contributed by atoms with Crippen molar-refractivity contribution in [1.82, 2.24) is 9.80 Å². The molecule has 0 spiro atoms. The first-order valence-corrected chi connectivity index (χ1v) is 9.50. The number of piperazine rings is 1. The van der Waals surface area contributed by atoms with E-state index >= 15 is 0 Å². The van der Waals surface area contributed by atoms with E-state index in [-0.39, 0.29) is 12.3 Å². The Hall–Kier alpha value is -2.00. The lowest BCUT2D eigenvalue weighted by atomic mass is 10.2. The van der Waals surface area contributed by atoms with E-state index in [1.54, 1.807) is 23.5 Å². The van der Waals surface area contributed by atoms with Crippen molar-refractivity contribution in [2.45, 2.75) is 12.6 Å². The van der Waals surface area contributed by atoms with Crippen LogP contribution >= 0.6 is 11.3 Å². The molecular weight excluding hydrogens is 354 g/mol. The Morgan fingerprint density at radius 1 is 1.19 bits per heavy atom. The normalized spacial score (nSPS) is 17.1. The molecule has 26 heavy (non-hydrogen) atoms. The van der Waals surface area contributed by atoms with Gasteiger partial charge in [-0.2, -0.15) is 0 Å². The fourth-order valence-corrected chi connectivity index (χ4v) is 3.73. The molecule has 1 aromatic carbocycles. The zero-order valence-electron chi connectivity index (χ0n) is 14.5. The lowest BCUT2D eigenvalue weighted by Gasteiger charge is -2.35. The number of aliphatic hydroxyl groups excluding tert-OH is 1. The maximum atomic E-state index is 10.8. The molecule has 0 saturated carbocycles. The van der Waals surface area contributed by atoms with Gasteiger partial charge in [-0.15, -0.1) is 11.3 Å². The first kappa shape index (κ1) is 18.8. The van der Waals surface area contributed by atoms with Gasteiger partial charge in [0.1, 0.15) is 18.5 Å². The number of hydrogen-bond acceptors (Lipinski definition) is 7. The molecule has 0 bridgehead atoms. The van der Waals surface area contributed by atoms with Crippen molar-refractivity contribution >= 4 is 17.0 Å². The SMILES string of the molecule is O=[N+]([O-])c1cccc(OCC(O)CN2CCN(Cc3cccs3)CC2)c1. The Bertz CT molecular complexity index is 702. The third-order valence-corrected chi connectivity index (χ3v) is 5.23. The van der Waals surface area contributed by atoms with Crippen molar-refractivity contribution in [2.75, 3.05) is 39.3 Å². The first-order chi connectivity index (χ1) is 12.6. The van der Waals surface area contributed by atoms with E-state index in [0.29, 0.717) is 12.3 Å². The molecule has 140 valence electrons. The molecule has 1 unspecified atom stereocenters. The van der Waals surface area contributed by atoms with E-state index in [4.69, 9.17) is 4.74 Å². The summed E-state index contributed by atoms with van der Waals surface area (Å²) in [6, 6.07) is 10.3. The van der Waals surface area contributed by atoms with Crippen LogP contribution in [0.15, 0.2) is 41.8 Å². The predicted molar refractivity (Wildman–Crippen MR) is 101 cm³/mol. The summed E-state index contributed by atoms with van der Waals surface area (Å²) in [6.45, 7) is 5.45. The molecular formula is C18H23N3O4S. The molecule has 1 fully saturated rings. The molecule has 1 N–H and O–H groups in total. The molecule has 1 atom stereocenters. The average molecular weight is 377 g/mol. The lowest BCUT2D eigenvalue weighted by Crippen LogP contribution is -2.48. The Morgan fingerprint density at radius 3 is 2.65 bits per heavy atom. The number of β-amino-alcohol motifs (C(OH)–C–C–N with tert-alkyl or cyclic N) is 1. The molecule has 7 nitrogen and oxygen atoms in total. The van der Waals surface area contributed by atoms with Gasteiger partial charge in [0.25, 0.3) is 5.69 Å². The van der Waals surface area contributed by atoms with E-state index < -0.39 is 11.0 Å². The second kappa shape index (κ2) is 9.09. The monoisotopic (exact) mass is 377 g/mol. The largest absolute Gasteiger partial charge is 0.491 e. The van der Waals surface area contributed by atoms with Gasteiger partial charge < -0.3 is 9.84 Å². The quantitative estimate of drug-likeness (QED) is 0.561. The summed E-state index contributed by atoms with van der Waals surface area (Å²) >= 11 is 1.78. The van der Waals surface area contributed by atoms with Crippen molar-refractivity contribution in [3.63, 3.8) is 0 Å². The summed E-state index contributed by atoms with van der Waals surface area (Å²) in [5, 5.41) is 23.1. The van der Waals surface area contributed by atoms with Crippen LogP contribution < -0.4 is 4.74 Å². The van der Waals surface area contributed by atoms with Crippen LogP contribution in [0.3, 0.4) is 0 Å². The van der Waals surface area contributed by atoms with E-state index in [2.05, 4.69) is 27.3 Å². The van der Waals surface area contributed by atoms with Crippen LogP contribution in [-0.2, 0) is 6.54 Å². The minimum absolute atomic E-state index is 0.0150. The Balaban J connectivity index is 1.38. The third-order valence-electron chi connectivity index (χ3n) is 4.36. The highest BCUT2D eigenvalue weighted by Gasteiger charge is 2.20. The van der Waals surface area contributed by atoms with Crippen LogP contribution in [0.25, 0.3) is 0 Å². The van der Waals surface area contributed by atoms with Crippen molar-refractivity contribution in [2.24, 2.45) is 0 Å². The highest BCUT2D eigenvalue weighted by Crippen LogP contribution is 2.19. The van der Waals surface area contributed by atoms with Gasteiger partial charge in [-0.1, -0.05) is 12.1 Å². The Labute approximate surface area is 156 Å². The van der Waals surface area contributed by atoms with Crippen molar-refractivity contribution in [1.29, 1.82) is 0 Å². The number of benzene rings is 1. The zero-order chi connectivity index (χ0) is 18.4. The number of nitro groups is 1. The fourth-order valence-electron chi connectivity index (χ4n) is 2.98. The molecule has 1 aliphatic rings. The van der Waals surface area contributed by atoms with Crippen LogP contribution in [0.5, 0.6) is 5.75 Å². The van der Waals surface area contributed by atoms with Crippen molar-refractivity contribution in [3.05, 3.63) is 56.8 Å². The molecule has 0 aliphatic carbocycles. The van der Waals surface area contributed by atoms with Crippen LogP contribution in [0, 0.1) is 10.1 Å². The highest BCUT2D eigenvalue weighted by atomic mass is 32.1. The van der Waals surface area contributed by atoms with Crippen molar-refractivity contribution < 1.29 is 14.8 Å². The molecule has 1 aromatic heterocycles. The second-order valence-electron chi connectivity index (χ2n) is 6.38. The Morgan fingerprint density at radius 2 is 1.96 bits per heavy atom. The van der Waals surface area contributed by atoms with E-state index in [1.165, 1.54) is 17.0 Å². The fraction of sp³-hybridized carbons (Fsp3) is 0.444. The zero-order valence-corrected chi connectivity index (χ0v) is 15.3. The average Bonchev–Trinajstić information content (AvgIpc) is 3.15. The van der Waals surface area contributed by atoms with Crippen LogP contribution in [0.1, 0.15) is 4.88 Å². The maximum Gasteiger partial charge on any atom is 0.273 e. The minimum atomic E-state index is -0.627. The Kier molecular flexibility index (Phi) is 6.56. The van der Waals surface area contributed by atoms with Gasteiger partial charge in [0.2, 0.25) is 0 Å². The number of ether oxygens (including phenoxy) is 1. The smallest absolute Gasteiger partial charge is 0.273 e. The summed E-state index contributed by atoms with van der Waals surface area (Å²) in [4.78, 5) is 16.3. The van der Waals surface area contributed by atoms with Gasteiger partial charge in [0.15, 0.2) is 0 Å². The van der Waals surface area contributed by atoms with E-state index in [9.17, 15) is 15.2 Å². The first-order valence-electron chi connectivity index (χ1n) is 8.62. The molecule has 0 radical (unpaired) electrons. The van der Waals surface area contributed by atoms with Gasteiger partial charge in [0.05, 0.1) is 11.0 Å². The topological polar surface area (TPSA) is 79.1 Å². The maximum absolute atomic E-state index is 10.8. The number of non-ortho nitro benzene ring substituents is 1. The summed E-state index contributed by atoms with van der Waals surface area (Å²) in [6.07, 6.45) is -0.627. The predicted octanol–water partition coefficient (Wildman–Crippen LogP) is 2.21.